The number of rotatable bonds is 5. The highest BCUT2D eigenvalue weighted by Crippen LogP contribution is 2.25. The molecule has 5 heteroatoms. The first-order valence-corrected chi connectivity index (χ1v) is 6.62. The maximum atomic E-state index is 11.4. The Morgan fingerprint density at radius 2 is 1.95 bits per heavy atom. The Balaban J connectivity index is 2.07. The summed E-state index contributed by atoms with van der Waals surface area (Å²) in [5.41, 5.74) is 1.63. The average molecular weight is 287 g/mol. The van der Waals surface area contributed by atoms with Crippen LogP contribution < -0.4 is 10.3 Å². The van der Waals surface area contributed by atoms with Crippen molar-refractivity contribution in [2.75, 3.05) is 13.2 Å². The number of carbonyl (C=O) groups excluding carboxylic acids is 1. The molecule has 2 aromatic rings. The summed E-state index contributed by atoms with van der Waals surface area (Å²) < 4.78 is 10.4. The second kappa shape index (κ2) is 6.74. The minimum atomic E-state index is -0.311. The number of aromatic amines is 1. The van der Waals surface area contributed by atoms with Gasteiger partial charge in [-0.15, -0.1) is 0 Å². The molecule has 1 N–H and O–H groups in total. The van der Waals surface area contributed by atoms with E-state index in [0.717, 1.165) is 16.5 Å². The lowest BCUT2D eigenvalue weighted by Gasteiger charge is -2.09. The highest BCUT2D eigenvalue weighted by Gasteiger charge is 2.04. The van der Waals surface area contributed by atoms with Crippen LogP contribution in [0.4, 0.5) is 0 Å². The zero-order valence-corrected chi connectivity index (χ0v) is 12.0. The smallest absolute Gasteiger partial charge is 0.302 e. The standard InChI is InChI=1S/C16H17NO4/c1-11-5-7-14(13-6-8-15(19)17-16(11)13)21-10-4-3-9-20-12(2)18/h3-8H,9-10H2,1-2H3,(H,17,19)/b4-3+. The van der Waals surface area contributed by atoms with E-state index in [9.17, 15) is 9.59 Å². The van der Waals surface area contributed by atoms with E-state index in [2.05, 4.69) is 4.98 Å². The van der Waals surface area contributed by atoms with Crippen molar-refractivity contribution >= 4 is 16.9 Å². The summed E-state index contributed by atoms with van der Waals surface area (Å²) >= 11 is 0. The molecule has 110 valence electrons. The second-order valence-electron chi connectivity index (χ2n) is 4.58. The Labute approximate surface area is 122 Å². The number of esters is 1. The SMILES string of the molecule is CC(=O)OC/C=C/COc1ccc(C)c2[nH]c(=O)ccc12. The lowest BCUT2D eigenvalue weighted by molar-refractivity contribution is -0.139. The molecule has 0 aliphatic heterocycles. The van der Waals surface area contributed by atoms with Gasteiger partial charge in [-0.1, -0.05) is 6.07 Å². The first-order chi connectivity index (χ1) is 10.1. The van der Waals surface area contributed by atoms with Crippen molar-refractivity contribution in [2.45, 2.75) is 13.8 Å². The molecule has 21 heavy (non-hydrogen) atoms. The van der Waals surface area contributed by atoms with E-state index in [-0.39, 0.29) is 18.1 Å². The zero-order chi connectivity index (χ0) is 15.2. The molecule has 0 amide bonds. The third kappa shape index (κ3) is 3.95. The van der Waals surface area contributed by atoms with E-state index in [0.29, 0.717) is 12.4 Å². The van der Waals surface area contributed by atoms with Crippen LogP contribution in [0.15, 0.2) is 41.2 Å². The van der Waals surface area contributed by atoms with Gasteiger partial charge in [-0.05, 0) is 36.8 Å². The van der Waals surface area contributed by atoms with Gasteiger partial charge in [0.05, 0.1) is 5.52 Å². The van der Waals surface area contributed by atoms with Crippen LogP contribution in [-0.2, 0) is 9.53 Å². The summed E-state index contributed by atoms with van der Waals surface area (Å²) in [5, 5.41) is 0.864. The summed E-state index contributed by atoms with van der Waals surface area (Å²) in [6.07, 6.45) is 3.50. The second-order valence-corrected chi connectivity index (χ2v) is 4.58. The molecule has 1 aromatic heterocycles. The van der Waals surface area contributed by atoms with Gasteiger partial charge in [0.25, 0.3) is 0 Å². The van der Waals surface area contributed by atoms with E-state index < -0.39 is 0 Å². The molecule has 1 aromatic carbocycles. The van der Waals surface area contributed by atoms with Crippen molar-refractivity contribution in [1.29, 1.82) is 0 Å². The topological polar surface area (TPSA) is 68.4 Å². The molecule has 0 atom stereocenters. The fourth-order valence-corrected chi connectivity index (χ4v) is 1.93. The number of ether oxygens (including phenoxy) is 2. The number of carbonyl (C=O) groups is 1. The molecule has 0 unspecified atom stereocenters. The van der Waals surface area contributed by atoms with Crippen LogP contribution in [0.5, 0.6) is 5.75 Å². The van der Waals surface area contributed by atoms with Crippen molar-refractivity contribution in [3.05, 3.63) is 52.3 Å². The number of hydrogen-bond acceptors (Lipinski definition) is 4. The normalized spacial score (nSPS) is 11.0. The molecular formula is C16H17NO4. The van der Waals surface area contributed by atoms with E-state index in [1.54, 1.807) is 18.2 Å². The summed E-state index contributed by atoms with van der Waals surface area (Å²) in [7, 11) is 0. The Hall–Kier alpha value is -2.56. The number of benzene rings is 1. The molecule has 2 rings (SSSR count). The maximum Gasteiger partial charge on any atom is 0.302 e. The van der Waals surface area contributed by atoms with Gasteiger partial charge < -0.3 is 14.5 Å². The zero-order valence-electron chi connectivity index (χ0n) is 12.0. The molecule has 0 saturated carbocycles. The fraction of sp³-hybridized carbons (Fsp3) is 0.250. The van der Waals surface area contributed by atoms with Gasteiger partial charge in [0, 0.05) is 18.4 Å². The molecule has 1 heterocycles. The van der Waals surface area contributed by atoms with Crippen molar-refractivity contribution in [2.24, 2.45) is 0 Å². The molecule has 0 aliphatic carbocycles. The molecule has 0 spiro atoms. The molecule has 0 radical (unpaired) electrons. The third-order valence-corrected chi connectivity index (χ3v) is 2.95. The van der Waals surface area contributed by atoms with Gasteiger partial charge in [0.15, 0.2) is 0 Å². The lowest BCUT2D eigenvalue weighted by Crippen LogP contribution is -2.04. The fourth-order valence-electron chi connectivity index (χ4n) is 1.93. The number of aromatic nitrogens is 1. The van der Waals surface area contributed by atoms with Gasteiger partial charge >= 0.3 is 5.97 Å². The number of aryl methyl sites for hydroxylation is 1. The predicted octanol–water partition coefficient (Wildman–Crippen LogP) is 2.33. The largest absolute Gasteiger partial charge is 0.489 e. The van der Waals surface area contributed by atoms with Crippen LogP contribution in [0.3, 0.4) is 0 Å². The Morgan fingerprint density at radius 1 is 1.19 bits per heavy atom. The van der Waals surface area contributed by atoms with Crippen molar-refractivity contribution in [1.82, 2.24) is 4.98 Å². The number of nitrogens with one attached hydrogen (secondary N) is 1. The lowest BCUT2D eigenvalue weighted by atomic mass is 10.1. The van der Waals surface area contributed by atoms with Crippen molar-refractivity contribution in [3.8, 4) is 5.75 Å². The first-order valence-electron chi connectivity index (χ1n) is 6.62. The first kappa shape index (κ1) is 14.8. The summed E-state index contributed by atoms with van der Waals surface area (Å²) in [6.45, 7) is 3.89. The number of pyridine rings is 1. The van der Waals surface area contributed by atoms with E-state index in [1.165, 1.54) is 13.0 Å². The van der Waals surface area contributed by atoms with Gasteiger partial charge in [0.2, 0.25) is 5.56 Å². The Kier molecular flexibility index (Phi) is 4.77. The van der Waals surface area contributed by atoms with Crippen LogP contribution in [0, 0.1) is 6.92 Å². The molecular weight excluding hydrogens is 270 g/mol. The number of H-pyrrole nitrogens is 1. The van der Waals surface area contributed by atoms with E-state index in [4.69, 9.17) is 9.47 Å². The summed E-state index contributed by atoms with van der Waals surface area (Å²) in [5.74, 6) is 0.387. The molecule has 0 fully saturated rings. The number of fused-ring (bicyclic) bond motifs is 1. The van der Waals surface area contributed by atoms with Gasteiger partial charge in [-0.3, -0.25) is 9.59 Å². The van der Waals surface area contributed by atoms with Gasteiger partial charge in [-0.2, -0.15) is 0 Å². The summed E-state index contributed by atoms with van der Waals surface area (Å²) in [4.78, 5) is 24.8. The van der Waals surface area contributed by atoms with E-state index >= 15 is 0 Å². The predicted molar refractivity (Wildman–Crippen MR) is 80.6 cm³/mol. The average Bonchev–Trinajstić information content (AvgIpc) is 2.45. The van der Waals surface area contributed by atoms with Crippen LogP contribution in [-0.4, -0.2) is 24.2 Å². The van der Waals surface area contributed by atoms with Crippen LogP contribution >= 0.6 is 0 Å². The van der Waals surface area contributed by atoms with Crippen LogP contribution in [0.1, 0.15) is 12.5 Å². The number of hydrogen-bond donors (Lipinski definition) is 1. The third-order valence-electron chi connectivity index (χ3n) is 2.95. The molecule has 0 bridgehead atoms. The van der Waals surface area contributed by atoms with Crippen molar-refractivity contribution in [3.63, 3.8) is 0 Å². The van der Waals surface area contributed by atoms with Gasteiger partial charge in [0.1, 0.15) is 19.0 Å². The highest BCUT2D eigenvalue weighted by atomic mass is 16.5. The Morgan fingerprint density at radius 3 is 2.71 bits per heavy atom. The van der Waals surface area contributed by atoms with Gasteiger partial charge in [-0.25, -0.2) is 0 Å². The highest BCUT2D eigenvalue weighted by molar-refractivity contribution is 5.87. The van der Waals surface area contributed by atoms with Crippen LogP contribution in [0.25, 0.3) is 10.9 Å². The minimum Gasteiger partial charge on any atom is -0.489 e. The summed E-state index contributed by atoms with van der Waals surface area (Å²) in [6, 6.07) is 7.00. The van der Waals surface area contributed by atoms with Crippen molar-refractivity contribution < 1.29 is 14.3 Å². The quantitative estimate of drug-likeness (QED) is 0.677. The molecule has 0 saturated heterocycles. The van der Waals surface area contributed by atoms with E-state index in [1.807, 2.05) is 19.1 Å². The minimum absolute atomic E-state index is 0.135. The maximum absolute atomic E-state index is 11.4. The monoisotopic (exact) mass is 287 g/mol. The van der Waals surface area contributed by atoms with Crippen LogP contribution in [0.2, 0.25) is 0 Å². The Bertz CT molecular complexity index is 731. The molecule has 0 aliphatic rings. The molecule has 5 nitrogen and oxygen atoms in total.